The lowest BCUT2D eigenvalue weighted by atomic mass is 9.93. The summed E-state index contributed by atoms with van der Waals surface area (Å²) in [7, 11) is 1.55. The van der Waals surface area contributed by atoms with Crippen LogP contribution in [-0.4, -0.2) is 18.9 Å². The summed E-state index contributed by atoms with van der Waals surface area (Å²) in [5.74, 6) is 0.609. The summed E-state index contributed by atoms with van der Waals surface area (Å²) in [6.45, 7) is 1.91. The maximum atomic E-state index is 12.5. The zero-order valence-electron chi connectivity index (χ0n) is 12.1. The number of hydrogen-bond acceptors (Lipinski definition) is 2. The third-order valence-electron chi connectivity index (χ3n) is 3.42. The van der Waals surface area contributed by atoms with Crippen molar-refractivity contribution in [3.8, 4) is 5.75 Å². The summed E-state index contributed by atoms with van der Waals surface area (Å²) in [4.78, 5) is 12.5. The predicted octanol–water partition coefficient (Wildman–Crippen LogP) is 3.58. The van der Waals surface area contributed by atoms with Crippen molar-refractivity contribution in [1.29, 1.82) is 0 Å². The second-order valence-electron chi connectivity index (χ2n) is 4.99. The van der Waals surface area contributed by atoms with E-state index in [2.05, 4.69) is 5.32 Å². The van der Waals surface area contributed by atoms with Crippen molar-refractivity contribution in [1.82, 2.24) is 5.32 Å². The summed E-state index contributed by atoms with van der Waals surface area (Å²) in [5, 5.41) is 3.00. The van der Waals surface area contributed by atoms with Crippen LogP contribution >= 0.6 is 11.6 Å². The van der Waals surface area contributed by atoms with Gasteiger partial charge in [0.15, 0.2) is 0 Å². The van der Waals surface area contributed by atoms with E-state index in [0.717, 1.165) is 5.56 Å². The first-order chi connectivity index (χ1) is 10.1. The minimum absolute atomic E-state index is 0.209. The van der Waals surface area contributed by atoms with E-state index in [9.17, 15) is 4.79 Å². The Hall–Kier alpha value is -2.00. The van der Waals surface area contributed by atoms with E-state index in [0.29, 0.717) is 11.3 Å². The van der Waals surface area contributed by atoms with Gasteiger partial charge in [0, 0.05) is 5.88 Å². The van der Waals surface area contributed by atoms with Crippen LogP contribution in [0.25, 0.3) is 0 Å². The summed E-state index contributed by atoms with van der Waals surface area (Å²) in [5.41, 5.74) is 0.816. The van der Waals surface area contributed by atoms with E-state index >= 15 is 0 Å². The molecule has 21 heavy (non-hydrogen) atoms. The van der Waals surface area contributed by atoms with Gasteiger partial charge in [0.2, 0.25) is 0 Å². The summed E-state index contributed by atoms with van der Waals surface area (Å²) < 4.78 is 5.23. The number of amides is 1. The highest BCUT2D eigenvalue weighted by molar-refractivity contribution is 6.19. The Morgan fingerprint density at radius 3 is 2.38 bits per heavy atom. The van der Waals surface area contributed by atoms with Crippen LogP contribution in [0.3, 0.4) is 0 Å². The molecule has 2 aromatic carbocycles. The van der Waals surface area contributed by atoms with Gasteiger partial charge in [-0.05, 0) is 24.6 Å². The molecule has 0 aliphatic rings. The Labute approximate surface area is 129 Å². The van der Waals surface area contributed by atoms with Crippen molar-refractivity contribution in [3.05, 3.63) is 65.7 Å². The zero-order valence-corrected chi connectivity index (χ0v) is 12.9. The van der Waals surface area contributed by atoms with Crippen LogP contribution in [0.5, 0.6) is 5.75 Å². The van der Waals surface area contributed by atoms with Gasteiger partial charge in [-0.25, -0.2) is 0 Å². The Morgan fingerprint density at radius 1 is 1.14 bits per heavy atom. The summed E-state index contributed by atoms with van der Waals surface area (Å²) >= 11 is 6.10. The molecule has 2 aromatic rings. The van der Waals surface area contributed by atoms with Gasteiger partial charge >= 0.3 is 0 Å². The Balaban J connectivity index is 2.28. The number of nitrogens with one attached hydrogen (secondary N) is 1. The van der Waals surface area contributed by atoms with Crippen molar-refractivity contribution < 1.29 is 9.53 Å². The Morgan fingerprint density at radius 2 is 1.76 bits per heavy atom. The van der Waals surface area contributed by atoms with Crippen molar-refractivity contribution in [2.75, 3.05) is 13.0 Å². The monoisotopic (exact) mass is 303 g/mol. The smallest absolute Gasteiger partial charge is 0.255 e. The minimum atomic E-state index is -0.638. The molecule has 0 aliphatic carbocycles. The second kappa shape index (κ2) is 6.64. The minimum Gasteiger partial charge on any atom is -0.496 e. The van der Waals surface area contributed by atoms with Crippen LogP contribution in [0.4, 0.5) is 0 Å². The number of methoxy groups -OCH3 is 1. The first-order valence-electron chi connectivity index (χ1n) is 6.68. The third kappa shape index (κ3) is 3.37. The van der Waals surface area contributed by atoms with Crippen LogP contribution in [-0.2, 0) is 5.54 Å². The standard InChI is InChI=1S/C17H18ClNO2/c1-17(12-18,13-8-4-3-5-9-13)19-16(20)14-10-6-7-11-15(14)21-2/h3-11H,12H2,1-2H3,(H,19,20). The predicted molar refractivity (Wildman–Crippen MR) is 85.0 cm³/mol. The average molecular weight is 304 g/mol. The first kappa shape index (κ1) is 15.4. The highest BCUT2D eigenvalue weighted by atomic mass is 35.5. The molecular weight excluding hydrogens is 286 g/mol. The first-order valence-corrected chi connectivity index (χ1v) is 7.21. The third-order valence-corrected chi connectivity index (χ3v) is 3.95. The van der Waals surface area contributed by atoms with Crippen LogP contribution in [0.1, 0.15) is 22.8 Å². The molecule has 1 atom stereocenters. The maximum absolute atomic E-state index is 12.5. The second-order valence-corrected chi connectivity index (χ2v) is 5.25. The zero-order chi connectivity index (χ0) is 15.3. The number of ether oxygens (including phenoxy) is 1. The molecule has 0 aromatic heterocycles. The van der Waals surface area contributed by atoms with Crippen molar-refractivity contribution in [2.45, 2.75) is 12.5 Å². The van der Waals surface area contributed by atoms with Gasteiger partial charge in [0.05, 0.1) is 18.2 Å². The molecule has 1 N–H and O–H groups in total. The van der Waals surface area contributed by atoms with E-state index in [1.54, 1.807) is 25.3 Å². The molecule has 4 heteroatoms. The van der Waals surface area contributed by atoms with Gasteiger partial charge in [0.1, 0.15) is 5.75 Å². The van der Waals surface area contributed by atoms with Gasteiger partial charge in [0.25, 0.3) is 5.91 Å². The van der Waals surface area contributed by atoms with Gasteiger partial charge in [-0.15, -0.1) is 11.6 Å². The normalized spacial score (nSPS) is 13.3. The number of carbonyl (C=O) groups is 1. The summed E-state index contributed by atoms with van der Waals surface area (Å²) in [6.07, 6.45) is 0. The number of benzene rings is 2. The molecule has 0 radical (unpaired) electrons. The molecule has 0 saturated heterocycles. The van der Waals surface area contributed by atoms with Gasteiger partial charge in [-0.2, -0.15) is 0 Å². The van der Waals surface area contributed by atoms with E-state index in [1.165, 1.54) is 0 Å². The van der Waals surface area contributed by atoms with Gasteiger partial charge in [-0.3, -0.25) is 4.79 Å². The van der Waals surface area contributed by atoms with Crippen molar-refractivity contribution in [2.24, 2.45) is 0 Å². The van der Waals surface area contributed by atoms with E-state index in [1.807, 2.05) is 43.3 Å². The number of para-hydroxylation sites is 1. The summed E-state index contributed by atoms with van der Waals surface area (Å²) in [6, 6.07) is 16.8. The lowest BCUT2D eigenvalue weighted by Crippen LogP contribution is -2.45. The molecule has 0 aliphatic heterocycles. The lowest BCUT2D eigenvalue weighted by molar-refractivity contribution is 0.0910. The molecule has 2 rings (SSSR count). The molecule has 0 spiro atoms. The molecule has 3 nitrogen and oxygen atoms in total. The van der Waals surface area contributed by atoms with E-state index < -0.39 is 5.54 Å². The average Bonchev–Trinajstić information content (AvgIpc) is 2.55. The molecule has 1 amide bonds. The van der Waals surface area contributed by atoms with E-state index in [4.69, 9.17) is 16.3 Å². The van der Waals surface area contributed by atoms with Crippen LogP contribution in [0.15, 0.2) is 54.6 Å². The SMILES string of the molecule is COc1ccccc1C(=O)NC(C)(CCl)c1ccccc1. The maximum Gasteiger partial charge on any atom is 0.255 e. The van der Waals surface area contributed by atoms with Gasteiger partial charge in [-0.1, -0.05) is 42.5 Å². The van der Waals surface area contributed by atoms with E-state index in [-0.39, 0.29) is 11.8 Å². The highest BCUT2D eigenvalue weighted by Gasteiger charge is 2.28. The molecule has 1 unspecified atom stereocenters. The number of carbonyl (C=O) groups excluding carboxylic acids is 1. The quantitative estimate of drug-likeness (QED) is 0.857. The molecule has 0 bridgehead atoms. The molecular formula is C17H18ClNO2. The molecule has 0 heterocycles. The van der Waals surface area contributed by atoms with Crippen molar-refractivity contribution >= 4 is 17.5 Å². The van der Waals surface area contributed by atoms with Crippen LogP contribution in [0.2, 0.25) is 0 Å². The number of alkyl halides is 1. The fourth-order valence-electron chi connectivity index (χ4n) is 2.14. The molecule has 110 valence electrons. The lowest BCUT2D eigenvalue weighted by Gasteiger charge is -2.29. The Kier molecular flexibility index (Phi) is 4.86. The highest BCUT2D eigenvalue weighted by Crippen LogP contribution is 2.24. The molecule has 0 saturated carbocycles. The topological polar surface area (TPSA) is 38.3 Å². The van der Waals surface area contributed by atoms with Crippen molar-refractivity contribution in [3.63, 3.8) is 0 Å². The number of halogens is 1. The van der Waals surface area contributed by atoms with Gasteiger partial charge < -0.3 is 10.1 Å². The molecule has 0 fully saturated rings. The van der Waals surface area contributed by atoms with Crippen LogP contribution < -0.4 is 10.1 Å². The number of rotatable bonds is 5. The largest absolute Gasteiger partial charge is 0.496 e. The fourth-order valence-corrected chi connectivity index (χ4v) is 2.36. The number of hydrogen-bond donors (Lipinski definition) is 1. The Bertz CT molecular complexity index is 615. The van der Waals surface area contributed by atoms with Crippen LogP contribution in [0, 0.1) is 0 Å². The fraction of sp³-hybridized carbons (Fsp3) is 0.235.